The number of nitrogens with zero attached hydrogens (tertiary/aromatic N) is 3. The number of carboxylic acid groups (broad SMARTS) is 1. The third kappa shape index (κ3) is 3.57. The van der Waals surface area contributed by atoms with Gasteiger partial charge < -0.3 is 14.9 Å². The Kier molecular flexibility index (Phi) is 4.34. The average Bonchev–Trinajstić information content (AvgIpc) is 2.59. The van der Waals surface area contributed by atoms with Gasteiger partial charge in [0.25, 0.3) is 0 Å². The molecule has 0 spiro atoms. The highest BCUT2D eigenvalue weighted by Crippen LogP contribution is 2.15. The molecule has 20 heavy (non-hydrogen) atoms. The lowest BCUT2D eigenvalue weighted by atomic mass is 10.2. The fourth-order valence-corrected chi connectivity index (χ4v) is 2.03. The summed E-state index contributed by atoms with van der Waals surface area (Å²) in [6.07, 6.45) is 5.07. The molecule has 0 radical (unpaired) electrons. The highest BCUT2D eigenvalue weighted by atomic mass is 16.4. The van der Waals surface area contributed by atoms with Gasteiger partial charge in [-0.05, 0) is 30.2 Å². The summed E-state index contributed by atoms with van der Waals surface area (Å²) in [4.78, 5) is 30.2. The zero-order valence-electron chi connectivity index (χ0n) is 11.3. The third-order valence-electron chi connectivity index (χ3n) is 3.19. The monoisotopic (exact) mass is 275 g/mol. The van der Waals surface area contributed by atoms with Crippen molar-refractivity contribution >= 4 is 23.8 Å². The van der Waals surface area contributed by atoms with Crippen molar-refractivity contribution in [3.05, 3.63) is 30.0 Å². The Labute approximate surface area is 117 Å². The number of anilines is 1. The van der Waals surface area contributed by atoms with E-state index in [1.54, 1.807) is 30.3 Å². The van der Waals surface area contributed by atoms with Crippen molar-refractivity contribution in [2.75, 3.05) is 31.6 Å². The summed E-state index contributed by atoms with van der Waals surface area (Å²) in [5.41, 5.74) is 0.717. The van der Waals surface area contributed by atoms with Gasteiger partial charge in [0, 0.05) is 32.4 Å². The second kappa shape index (κ2) is 6.18. The molecule has 1 N–H and O–H groups in total. The van der Waals surface area contributed by atoms with Crippen LogP contribution < -0.4 is 4.90 Å². The summed E-state index contributed by atoms with van der Waals surface area (Å²) in [5, 5.41) is 8.56. The Balaban J connectivity index is 2.09. The summed E-state index contributed by atoms with van der Waals surface area (Å²) in [6.45, 7) is 1.87. The van der Waals surface area contributed by atoms with E-state index in [9.17, 15) is 9.59 Å². The number of aromatic nitrogens is 1. The Morgan fingerprint density at radius 2 is 2.20 bits per heavy atom. The lowest BCUT2D eigenvalue weighted by Crippen LogP contribution is -2.34. The van der Waals surface area contributed by atoms with E-state index in [4.69, 9.17) is 5.11 Å². The summed E-state index contributed by atoms with van der Waals surface area (Å²) in [5.74, 6) is -0.171. The third-order valence-corrected chi connectivity index (χ3v) is 3.19. The maximum atomic E-state index is 11.8. The average molecular weight is 275 g/mol. The molecule has 1 aromatic rings. The lowest BCUT2D eigenvalue weighted by Gasteiger charge is -2.20. The summed E-state index contributed by atoms with van der Waals surface area (Å²) in [7, 11) is 1.80. The van der Waals surface area contributed by atoms with E-state index in [0.717, 1.165) is 37.0 Å². The predicted molar refractivity (Wildman–Crippen MR) is 75.4 cm³/mol. The van der Waals surface area contributed by atoms with E-state index in [1.807, 2.05) is 4.90 Å². The zero-order valence-corrected chi connectivity index (χ0v) is 11.3. The van der Waals surface area contributed by atoms with Crippen LogP contribution in [0, 0.1) is 0 Å². The van der Waals surface area contributed by atoms with Gasteiger partial charge in [0.2, 0.25) is 5.91 Å². The normalized spacial score (nSPS) is 16.6. The first kappa shape index (κ1) is 14.0. The van der Waals surface area contributed by atoms with Crippen molar-refractivity contribution in [3.8, 4) is 0 Å². The van der Waals surface area contributed by atoms with Crippen LogP contribution in [-0.4, -0.2) is 53.5 Å². The zero-order chi connectivity index (χ0) is 14.5. The number of likely N-dealkylation sites (N-methyl/N-ethyl adjacent to an activating group) is 1. The van der Waals surface area contributed by atoms with Crippen molar-refractivity contribution in [2.24, 2.45) is 0 Å². The molecule has 6 nitrogen and oxygen atoms in total. The second-order valence-electron chi connectivity index (χ2n) is 4.71. The molecule has 0 aliphatic carbocycles. The highest BCUT2D eigenvalue weighted by Gasteiger charge is 2.19. The molecule has 0 unspecified atom stereocenters. The second-order valence-corrected chi connectivity index (χ2v) is 4.71. The number of carbonyl (C=O) groups is 2. The van der Waals surface area contributed by atoms with Crippen LogP contribution in [0.25, 0.3) is 6.08 Å². The quantitative estimate of drug-likeness (QED) is 0.828. The first-order valence-electron chi connectivity index (χ1n) is 6.42. The molecule has 0 aromatic carbocycles. The highest BCUT2D eigenvalue weighted by molar-refractivity contribution is 5.85. The Morgan fingerprint density at radius 1 is 1.40 bits per heavy atom. The molecule has 1 saturated heterocycles. The Hall–Kier alpha value is -2.37. The fraction of sp³-hybridized carbons (Fsp3) is 0.357. The summed E-state index contributed by atoms with van der Waals surface area (Å²) >= 11 is 0. The van der Waals surface area contributed by atoms with Crippen LogP contribution in [-0.2, 0) is 9.59 Å². The van der Waals surface area contributed by atoms with Gasteiger partial charge in [0.15, 0.2) is 0 Å². The maximum Gasteiger partial charge on any atom is 0.328 e. The van der Waals surface area contributed by atoms with Gasteiger partial charge in [-0.25, -0.2) is 9.78 Å². The molecule has 0 saturated carbocycles. The molecule has 2 rings (SSSR count). The molecule has 1 aliphatic heterocycles. The van der Waals surface area contributed by atoms with Crippen molar-refractivity contribution in [1.82, 2.24) is 9.88 Å². The molecule has 1 fully saturated rings. The fourth-order valence-electron chi connectivity index (χ4n) is 2.03. The molecule has 1 aromatic heterocycles. The molecule has 0 bridgehead atoms. The van der Waals surface area contributed by atoms with Crippen LogP contribution in [0.2, 0.25) is 0 Å². The summed E-state index contributed by atoms with van der Waals surface area (Å²) < 4.78 is 0. The van der Waals surface area contributed by atoms with E-state index in [2.05, 4.69) is 4.98 Å². The van der Waals surface area contributed by atoms with E-state index >= 15 is 0 Å². The van der Waals surface area contributed by atoms with Crippen molar-refractivity contribution in [3.63, 3.8) is 0 Å². The number of carbonyl (C=O) groups excluding carboxylic acids is 1. The predicted octanol–water partition coefficient (Wildman–Crippen LogP) is 0.848. The number of amides is 1. The molecular formula is C14H17N3O3. The Morgan fingerprint density at radius 3 is 2.85 bits per heavy atom. The smallest absolute Gasteiger partial charge is 0.328 e. The standard InChI is InChI=1S/C14H17N3O3/c1-16-7-2-8-17(10-13(16)18)12-5-3-11(9-15-12)4-6-14(19)20/h3-6,9H,2,7-8,10H2,1H3,(H,19,20)/b6-4+. The first-order chi connectivity index (χ1) is 9.56. The summed E-state index contributed by atoms with van der Waals surface area (Å²) in [6, 6.07) is 3.60. The van der Waals surface area contributed by atoms with E-state index in [0.29, 0.717) is 6.54 Å². The molecule has 2 heterocycles. The molecule has 1 aliphatic rings. The van der Waals surface area contributed by atoms with Gasteiger partial charge >= 0.3 is 5.97 Å². The minimum Gasteiger partial charge on any atom is -0.478 e. The van der Waals surface area contributed by atoms with Crippen molar-refractivity contribution in [2.45, 2.75) is 6.42 Å². The molecule has 1 amide bonds. The molecular weight excluding hydrogens is 258 g/mol. The van der Waals surface area contributed by atoms with Crippen LogP contribution >= 0.6 is 0 Å². The van der Waals surface area contributed by atoms with Crippen LogP contribution in [0.3, 0.4) is 0 Å². The number of carboxylic acids is 1. The number of rotatable bonds is 3. The molecule has 0 atom stereocenters. The Bertz CT molecular complexity index is 525. The number of pyridine rings is 1. The number of hydrogen-bond acceptors (Lipinski definition) is 4. The largest absolute Gasteiger partial charge is 0.478 e. The van der Waals surface area contributed by atoms with Crippen molar-refractivity contribution in [1.29, 1.82) is 0 Å². The topological polar surface area (TPSA) is 73.7 Å². The van der Waals surface area contributed by atoms with Crippen LogP contribution in [0.4, 0.5) is 5.82 Å². The first-order valence-corrected chi connectivity index (χ1v) is 6.42. The lowest BCUT2D eigenvalue weighted by molar-refractivity contribution is -0.131. The SMILES string of the molecule is CN1CCCN(c2ccc(/C=C/C(=O)O)cn2)CC1=O. The van der Waals surface area contributed by atoms with Crippen LogP contribution in [0.15, 0.2) is 24.4 Å². The maximum absolute atomic E-state index is 11.8. The van der Waals surface area contributed by atoms with Gasteiger partial charge in [-0.15, -0.1) is 0 Å². The van der Waals surface area contributed by atoms with E-state index in [1.165, 1.54) is 6.08 Å². The molecule has 6 heteroatoms. The van der Waals surface area contributed by atoms with Gasteiger partial charge in [-0.3, -0.25) is 4.79 Å². The van der Waals surface area contributed by atoms with E-state index in [-0.39, 0.29) is 5.91 Å². The van der Waals surface area contributed by atoms with Gasteiger partial charge in [0.05, 0.1) is 6.54 Å². The molecule has 106 valence electrons. The van der Waals surface area contributed by atoms with Crippen LogP contribution in [0.5, 0.6) is 0 Å². The van der Waals surface area contributed by atoms with E-state index < -0.39 is 5.97 Å². The minimum atomic E-state index is -0.991. The number of hydrogen-bond donors (Lipinski definition) is 1. The van der Waals surface area contributed by atoms with Gasteiger partial charge in [-0.1, -0.05) is 0 Å². The van der Waals surface area contributed by atoms with Gasteiger partial charge in [-0.2, -0.15) is 0 Å². The van der Waals surface area contributed by atoms with Crippen LogP contribution in [0.1, 0.15) is 12.0 Å². The number of aliphatic carboxylic acids is 1. The van der Waals surface area contributed by atoms with Gasteiger partial charge in [0.1, 0.15) is 5.82 Å². The minimum absolute atomic E-state index is 0.0825. The van der Waals surface area contributed by atoms with Crippen molar-refractivity contribution < 1.29 is 14.7 Å².